The third kappa shape index (κ3) is 4.87. The summed E-state index contributed by atoms with van der Waals surface area (Å²) in [6.07, 6.45) is -1.18. The molecule has 1 saturated heterocycles. The van der Waals surface area contributed by atoms with Gasteiger partial charge in [-0.3, -0.25) is 4.79 Å². The number of aryl methyl sites for hydroxylation is 2. The van der Waals surface area contributed by atoms with E-state index < -0.39 is 23.7 Å². The van der Waals surface area contributed by atoms with Gasteiger partial charge in [0.2, 0.25) is 5.95 Å². The van der Waals surface area contributed by atoms with Crippen molar-refractivity contribution in [2.45, 2.75) is 51.2 Å². The molecule has 0 unspecified atom stereocenters. The van der Waals surface area contributed by atoms with Gasteiger partial charge < -0.3 is 20.6 Å². The van der Waals surface area contributed by atoms with E-state index in [1.54, 1.807) is 31.0 Å². The normalized spacial score (nSPS) is 15.6. The van der Waals surface area contributed by atoms with Gasteiger partial charge in [0, 0.05) is 25.6 Å². The second-order valence-corrected chi connectivity index (χ2v) is 10.2. The number of alkyl halides is 2. The standard InChI is InChI=1S/C26H28F4N8O2/c1-13(36(3)23(39)16-7-8-20(32-14(16)2)37-11-26(40,12-37)24(29)30)5-4-6-19-33-22-17-9-15(27)10-18(28)21(17)34-25(31)38(22)35-19/h7-10,13,24,40H,4-6,11-12H2,1-3H3,(H2,31,34)/t13-/m0/s1. The molecule has 0 aliphatic carbocycles. The first kappa shape index (κ1) is 27.5. The quantitative estimate of drug-likeness (QED) is 0.315. The van der Waals surface area contributed by atoms with Crippen LogP contribution in [0.2, 0.25) is 0 Å². The maximum Gasteiger partial charge on any atom is 0.270 e. The largest absolute Gasteiger partial charge is 0.380 e. The smallest absolute Gasteiger partial charge is 0.270 e. The number of aliphatic hydroxyl groups is 1. The molecule has 1 fully saturated rings. The number of fused-ring (bicyclic) bond motifs is 3. The van der Waals surface area contributed by atoms with E-state index in [0.717, 1.165) is 12.1 Å². The molecule has 10 nitrogen and oxygen atoms in total. The molecular weight excluding hydrogens is 532 g/mol. The van der Waals surface area contributed by atoms with Gasteiger partial charge in [0.15, 0.2) is 22.9 Å². The molecule has 40 heavy (non-hydrogen) atoms. The zero-order valence-electron chi connectivity index (χ0n) is 22.1. The fourth-order valence-electron chi connectivity index (χ4n) is 4.81. The van der Waals surface area contributed by atoms with Crippen LogP contribution in [0, 0.1) is 18.6 Å². The van der Waals surface area contributed by atoms with Gasteiger partial charge >= 0.3 is 0 Å². The predicted octanol–water partition coefficient (Wildman–Crippen LogP) is 3.14. The van der Waals surface area contributed by atoms with Crippen LogP contribution in [0.3, 0.4) is 0 Å². The van der Waals surface area contributed by atoms with Gasteiger partial charge in [-0.1, -0.05) is 0 Å². The van der Waals surface area contributed by atoms with Crippen LogP contribution in [0.15, 0.2) is 24.3 Å². The van der Waals surface area contributed by atoms with Crippen LogP contribution in [0.1, 0.15) is 41.6 Å². The average molecular weight is 561 g/mol. The number of rotatable bonds is 8. The van der Waals surface area contributed by atoms with Crippen molar-refractivity contribution < 1.29 is 27.5 Å². The number of nitrogens with two attached hydrogens (primary N) is 1. The number of pyridine rings is 1. The van der Waals surface area contributed by atoms with Crippen LogP contribution in [-0.4, -0.2) is 78.7 Å². The molecule has 1 aliphatic heterocycles. The molecule has 0 spiro atoms. The summed E-state index contributed by atoms with van der Waals surface area (Å²) in [5, 5.41) is 14.3. The van der Waals surface area contributed by atoms with E-state index in [1.807, 2.05) is 6.92 Å². The van der Waals surface area contributed by atoms with Gasteiger partial charge in [0.05, 0.1) is 29.7 Å². The summed E-state index contributed by atoms with van der Waals surface area (Å²) in [7, 11) is 1.68. The first-order chi connectivity index (χ1) is 18.9. The van der Waals surface area contributed by atoms with Crippen LogP contribution in [0.5, 0.6) is 0 Å². The van der Waals surface area contributed by atoms with E-state index in [0.29, 0.717) is 42.2 Å². The Balaban J connectivity index is 1.21. The molecule has 14 heteroatoms. The molecule has 4 heterocycles. The molecular formula is C26H28F4N8O2. The average Bonchev–Trinajstić information content (AvgIpc) is 3.31. The first-order valence-electron chi connectivity index (χ1n) is 12.7. The van der Waals surface area contributed by atoms with Crippen LogP contribution < -0.4 is 10.6 Å². The lowest BCUT2D eigenvalue weighted by atomic mass is 9.95. The summed E-state index contributed by atoms with van der Waals surface area (Å²) in [6.45, 7) is 3.12. The van der Waals surface area contributed by atoms with E-state index in [9.17, 15) is 27.5 Å². The van der Waals surface area contributed by atoms with Crippen molar-refractivity contribution in [2.24, 2.45) is 0 Å². The lowest BCUT2D eigenvalue weighted by molar-refractivity contribution is -0.112. The Labute approximate surface area is 226 Å². The Morgan fingerprint density at radius 3 is 2.60 bits per heavy atom. The number of carbonyl (C=O) groups is 1. The molecule has 0 bridgehead atoms. The predicted molar refractivity (Wildman–Crippen MR) is 139 cm³/mol. The molecule has 1 aliphatic rings. The molecule has 1 amide bonds. The lowest BCUT2D eigenvalue weighted by Gasteiger charge is -2.46. The Bertz CT molecular complexity index is 1610. The zero-order chi connectivity index (χ0) is 28.9. The molecule has 1 aromatic carbocycles. The topological polar surface area (TPSA) is 126 Å². The summed E-state index contributed by atoms with van der Waals surface area (Å²) in [6, 6.07) is 4.91. The number of halogens is 4. The first-order valence-corrected chi connectivity index (χ1v) is 12.7. The summed E-state index contributed by atoms with van der Waals surface area (Å²) in [4.78, 5) is 29.1. The minimum absolute atomic E-state index is 0.0701. The van der Waals surface area contributed by atoms with Crippen molar-refractivity contribution in [3.63, 3.8) is 0 Å². The molecule has 0 saturated carbocycles. The van der Waals surface area contributed by atoms with Crippen LogP contribution in [-0.2, 0) is 6.42 Å². The van der Waals surface area contributed by atoms with Gasteiger partial charge in [-0.05, 0) is 44.9 Å². The van der Waals surface area contributed by atoms with Crippen LogP contribution >= 0.6 is 0 Å². The third-order valence-electron chi connectivity index (χ3n) is 7.33. The Morgan fingerprint density at radius 1 is 1.20 bits per heavy atom. The number of hydrogen-bond acceptors (Lipinski definition) is 8. The molecule has 0 radical (unpaired) electrons. The van der Waals surface area contributed by atoms with E-state index in [-0.39, 0.29) is 47.5 Å². The molecule has 3 aromatic heterocycles. The van der Waals surface area contributed by atoms with Gasteiger partial charge in [-0.15, -0.1) is 5.10 Å². The maximum absolute atomic E-state index is 14.2. The van der Waals surface area contributed by atoms with Crippen molar-refractivity contribution in [1.29, 1.82) is 0 Å². The second kappa shape index (κ2) is 10.2. The Kier molecular flexibility index (Phi) is 6.98. The Hall–Kier alpha value is -4.07. The fraction of sp³-hybridized carbons (Fsp3) is 0.423. The molecule has 212 valence electrons. The highest BCUT2D eigenvalue weighted by molar-refractivity contribution is 5.95. The molecule has 1 atom stereocenters. The number of nitrogen functional groups attached to an aromatic ring is 1. The van der Waals surface area contributed by atoms with Crippen molar-refractivity contribution >= 4 is 34.2 Å². The Morgan fingerprint density at radius 2 is 1.93 bits per heavy atom. The SMILES string of the molecule is Cc1nc(N2CC(O)(C(F)F)C2)ccc1C(=O)N(C)[C@@H](C)CCCc1nc2c3cc(F)cc(F)c3nc(N)n2n1. The van der Waals surface area contributed by atoms with Crippen molar-refractivity contribution in [3.8, 4) is 0 Å². The highest BCUT2D eigenvalue weighted by Crippen LogP contribution is 2.31. The summed E-state index contributed by atoms with van der Waals surface area (Å²) >= 11 is 0. The number of hydrogen-bond donors (Lipinski definition) is 2. The number of benzene rings is 1. The number of anilines is 2. The van der Waals surface area contributed by atoms with Gasteiger partial charge in [0.1, 0.15) is 17.2 Å². The van der Waals surface area contributed by atoms with Crippen molar-refractivity contribution in [2.75, 3.05) is 30.8 Å². The molecule has 5 rings (SSSR count). The van der Waals surface area contributed by atoms with E-state index >= 15 is 0 Å². The highest BCUT2D eigenvalue weighted by Gasteiger charge is 2.49. The summed E-state index contributed by atoms with van der Waals surface area (Å²) < 4.78 is 55.1. The van der Waals surface area contributed by atoms with Crippen molar-refractivity contribution in [3.05, 3.63) is 53.0 Å². The molecule has 3 N–H and O–H groups in total. The van der Waals surface area contributed by atoms with E-state index in [2.05, 4.69) is 20.1 Å². The van der Waals surface area contributed by atoms with Crippen LogP contribution in [0.25, 0.3) is 16.6 Å². The number of β-amino-alcohol motifs (C(OH)–C–C–N with tert-alkyl or cyclic N) is 1. The number of carbonyl (C=O) groups excluding carboxylic acids is 1. The number of amides is 1. The lowest BCUT2D eigenvalue weighted by Crippen LogP contribution is -2.66. The van der Waals surface area contributed by atoms with Gasteiger partial charge in [-0.25, -0.2) is 32.5 Å². The van der Waals surface area contributed by atoms with E-state index in [4.69, 9.17) is 5.73 Å². The summed E-state index contributed by atoms with van der Waals surface area (Å²) in [5.74, 6) is -1.06. The minimum Gasteiger partial charge on any atom is -0.380 e. The highest BCUT2D eigenvalue weighted by atomic mass is 19.3. The fourth-order valence-corrected chi connectivity index (χ4v) is 4.81. The van der Waals surface area contributed by atoms with Crippen molar-refractivity contribution in [1.82, 2.24) is 29.5 Å². The molecule has 4 aromatic rings. The monoisotopic (exact) mass is 560 g/mol. The summed E-state index contributed by atoms with van der Waals surface area (Å²) in [5.41, 5.74) is 4.84. The van der Waals surface area contributed by atoms with Gasteiger partial charge in [-0.2, -0.15) is 4.52 Å². The van der Waals surface area contributed by atoms with Crippen LogP contribution in [0.4, 0.5) is 29.3 Å². The van der Waals surface area contributed by atoms with Gasteiger partial charge in [0.25, 0.3) is 12.3 Å². The maximum atomic E-state index is 14.2. The number of nitrogens with zero attached hydrogens (tertiary/aromatic N) is 7. The zero-order valence-corrected chi connectivity index (χ0v) is 22.1. The number of aromatic nitrogens is 5. The van der Waals surface area contributed by atoms with E-state index in [1.165, 1.54) is 9.42 Å². The third-order valence-corrected chi connectivity index (χ3v) is 7.33. The second-order valence-electron chi connectivity index (χ2n) is 10.2. The minimum atomic E-state index is -2.84.